The van der Waals surface area contributed by atoms with Gasteiger partial charge in [0.2, 0.25) is 65.0 Å². The maximum Gasteiger partial charge on any atom is 0.245 e. The lowest BCUT2D eigenvalue weighted by atomic mass is 10.0. The molecule has 2 aromatic carbocycles. The predicted molar refractivity (Wildman–Crippen MR) is 349 cm³/mol. The number of fused-ring (bicyclic) bond motifs is 2. The summed E-state index contributed by atoms with van der Waals surface area (Å²) >= 11 is 1.07. The molecule has 0 spiro atoms. The first-order valence-corrected chi connectivity index (χ1v) is 31.9. The van der Waals surface area contributed by atoms with Crippen molar-refractivity contribution in [1.29, 1.82) is 0 Å². The van der Waals surface area contributed by atoms with E-state index in [2.05, 4.69) is 84.0 Å². The van der Waals surface area contributed by atoms with Crippen LogP contribution in [0.25, 0.3) is 21.8 Å². The first-order valence-electron chi connectivity index (χ1n) is 30.8. The van der Waals surface area contributed by atoms with Crippen LogP contribution in [0.3, 0.4) is 0 Å². The number of aliphatic hydroxyl groups excluding tert-OH is 1. The number of terminal acetylenes is 1. The fraction of sp³-hybridized carbons (Fsp3) is 0.452. The van der Waals surface area contributed by atoms with Crippen LogP contribution in [0.1, 0.15) is 81.0 Å². The number of hydrogen-bond donors (Lipinski definition) is 17. The number of benzene rings is 2. The highest BCUT2D eigenvalue weighted by atomic mass is 32.2. The number of para-hydroxylation sites is 1. The van der Waals surface area contributed by atoms with Crippen LogP contribution < -0.4 is 70.4 Å². The lowest BCUT2D eigenvalue weighted by molar-refractivity contribution is -0.142. The number of phenols is 1. The number of aliphatic hydroxyl groups is 1. The minimum Gasteiger partial charge on any atom is -0.506 e. The number of carbonyl (C=O) groups is 11. The largest absolute Gasteiger partial charge is 0.506 e. The number of hydrogen-bond acceptors (Lipinski definition) is 18. The first kappa shape index (κ1) is 72.1. The lowest BCUT2D eigenvalue weighted by Gasteiger charge is -2.30. The second-order valence-electron chi connectivity index (χ2n) is 23.2. The molecule has 7 rings (SSSR count). The average Bonchev–Trinajstić information content (AvgIpc) is 1.10. The smallest absolute Gasteiger partial charge is 0.245 e. The number of H-pyrrole nitrogens is 2. The van der Waals surface area contributed by atoms with Gasteiger partial charge in [0.15, 0.2) is 5.96 Å². The van der Waals surface area contributed by atoms with Crippen molar-refractivity contribution in [1.82, 2.24) is 78.0 Å². The molecule has 33 heteroatoms. The maximum absolute atomic E-state index is 14.7. The number of aromatic amines is 2. The van der Waals surface area contributed by atoms with E-state index >= 15 is 0 Å². The van der Waals surface area contributed by atoms with Gasteiger partial charge < -0.3 is 90.1 Å². The molecule has 9 atom stereocenters. The number of guanidine groups is 1. The van der Waals surface area contributed by atoms with Gasteiger partial charge in [0.1, 0.15) is 59.6 Å². The van der Waals surface area contributed by atoms with Crippen molar-refractivity contribution in [2.75, 3.05) is 45.1 Å². The van der Waals surface area contributed by atoms with Crippen LogP contribution in [0, 0.1) is 18.3 Å². The quantitative estimate of drug-likeness (QED) is 0.00617. The standard InChI is InChI=1S/C62H81N19O13S/c1-4-19-68-60(38-15-17-48(83)52-37(38)11-7-20-67-52)95-31-46(53(87)72-29-51(86)75-42(23-33(2)3)55(89)76-41(13-8-21-69-62(64)65)61(94)81-22-9-14-47(81)59(93)71-28-49(63)84)80-58(92)45(30-82)79-56(90)43(24-34-26-70-39-12-6-5-10-36(34)39)77-57(91)44(25-35-27-66-32-73-35)78-54(88)40-16-18-50(85)74-40/h1,5-7,10-12,15,17,20,26-27,32-33,40-47,60,68,70,82-83H,8-9,13-14,16,18-19,21-25,28-31H2,2-3H3,(H2,63,84)(H,66,73)(H,71,93)(H,72,87)(H,74,85)(H,75,86)(H,76,89)(H,77,91)(H,78,88)(H,79,90)(H,80,92)(H4,64,65,69)/t40-,41-,42-,43-,44-,45-,46-,47-,60?/m0/s1. The molecule has 2 saturated heterocycles. The van der Waals surface area contributed by atoms with Gasteiger partial charge in [0, 0.05) is 78.7 Å². The number of phenolic OH excluding ortho intramolecular Hbond substituents is 1. The molecule has 0 aliphatic carbocycles. The van der Waals surface area contributed by atoms with E-state index in [4.69, 9.17) is 23.6 Å². The van der Waals surface area contributed by atoms with Crippen molar-refractivity contribution in [3.63, 3.8) is 0 Å². The number of primary amides is 1. The molecule has 3 aromatic heterocycles. The second-order valence-corrected chi connectivity index (χ2v) is 24.3. The summed E-state index contributed by atoms with van der Waals surface area (Å²) in [6, 6.07) is 2.86. The number of thioether (sulfide) groups is 1. The number of aromatic hydroxyl groups is 1. The van der Waals surface area contributed by atoms with Gasteiger partial charge in [0.05, 0.1) is 37.9 Å². The number of amides is 11. The molecule has 508 valence electrons. The first-order chi connectivity index (χ1) is 45.5. The van der Waals surface area contributed by atoms with E-state index in [1.54, 1.807) is 62.5 Å². The molecule has 2 fully saturated rings. The van der Waals surface area contributed by atoms with E-state index in [0.717, 1.165) is 11.8 Å². The topological polar surface area (TPSA) is 500 Å². The average molecular weight is 1330 g/mol. The van der Waals surface area contributed by atoms with E-state index in [-0.39, 0.29) is 106 Å². The van der Waals surface area contributed by atoms with Crippen molar-refractivity contribution in [3.8, 4) is 18.1 Å². The number of rotatable bonds is 35. The Morgan fingerprint density at radius 3 is 2.19 bits per heavy atom. The van der Waals surface area contributed by atoms with Gasteiger partial charge in [-0.2, -0.15) is 0 Å². The molecule has 11 amide bonds. The Hall–Kier alpha value is -10.3. The zero-order valence-electron chi connectivity index (χ0n) is 52.4. The molecule has 5 heterocycles. The molecule has 0 radical (unpaired) electrons. The highest BCUT2D eigenvalue weighted by Gasteiger charge is 2.40. The third kappa shape index (κ3) is 20.8. The Morgan fingerprint density at radius 1 is 0.789 bits per heavy atom. The van der Waals surface area contributed by atoms with Crippen LogP contribution in [0.5, 0.6) is 5.75 Å². The normalized spacial score (nSPS) is 16.5. The van der Waals surface area contributed by atoms with E-state index in [1.807, 2.05) is 0 Å². The number of carbonyl (C=O) groups excluding carboxylic acids is 11. The molecular weight excluding hydrogens is 1250 g/mol. The molecule has 32 nitrogen and oxygen atoms in total. The van der Waals surface area contributed by atoms with Gasteiger partial charge in [0.25, 0.3) is 0 Å². The van der Waals surface area contributed by atoms with Gasteiger partial charge >= 0.3 is 0 Å². The Bertz CT molecular complexity index is 3650. The summed E-state index contributed by atoms with van der Waals surface area (Å²) in [4.78, 5) is 171. The van der Waals surface area contributed by atoms with Gasteiger partial charge in [-0.15, -0.1) is 18.2 Å². The summed E-state index contributed by atoms with van der Waals surface area (Å²) in [7, 11) is 0. The Morgan fingerprint density at radius 2 is 1.49 bits per heavy atom. The molecule has 0 saturated carbocycles. The molecule has 0 bridgehead atoms. The summed E-state index contributed by atoms with van der Waals surface area (Å²) < 4.78 is 0. The number of nitrogens with two attached hydrogens (primary N) is 3. The van der Waals surface area contributed by atoms with Gasteiger partial charge in [-0.25, -0.2) is 4.98 Å². The second kappa shape index (κ2) is 35.1. The van der Waals surface area contributed by atoms with Crippen molar-refractivity contribution in [2.24, 2.45) is 28.1 Å². The molecule has 2 aliphatic heterocycles. The van der Waals surface area contributed by atoms with Crippen LogP contribution in [0.2, 0.25) is 0 Å². The number of nitrogens with one attached hydrogen (secondary N) is 12. The van der Waals surface area contributed by atoms with Gasteiger partial charge in [-0.05, 0) is 73.8 Å². The number of nitrogens with zero attached hydrogens (tertiary/aromatic N) is 4. The maximum atomic E-state index is 14.7. The van der Waals surface area contributed by atoms with E-state index in [9.17, 15) is 63.0 Å². The van der Waals surface area contributed by atoms with E-state index < -0.39 is 132 Å². The SMILES string of the molecule is C#CCNC(SC[C@H](NC(=O)[C@H](CO)NC(=O)[C@H](Cc1c[nH]c2ccccc12)NC(=O)[C@H](Cc1cnc[nH]1)NC(=O)[C@@H]1CCC(=O)N1)C(=O)NCC(=O)N[C@@H](CC(C)C)C(=O)N[C@@H](CCCN=C(N)N)C(=O)N1CCC[C@H]1C(=O)NCC(N)=O)c1ccc(O)c2ncccc12. The summed E-state index contributed by atoms with van der Waals surface area (Å²) in [5.41, 5.74) is 18.8. The highest BCUT2D eigenvalue weighted by molar-refractivity contribution is 7.99. The third-order valence-corrected chi connectivity index (χ3v) is 16.9. The van der Waals surface area contributed by atoms with Crippen LogP contribution in [0.4, 0.5) is 0 Å². The minimum atomic E-state index is -1.81. The summed E-state index contributed by atoms with van der Waals surface area (Å²) in [6.45, 7) is 1.50. The van der Waals surface area contributed by atoms with Crippen LogP contribution in [-0.4, -0.2) is 199 Å². The van der Waals surface area contributed by atoms with Crippen LogP contribution in [-0.2, 0) is 65.6 Å². The number of aliphatic imine (C=N–C) groups is 1. The van der Waals surface area contributed by atoms with Gasteiger partial charge in [-0.1, -0.05) is 50.1 Å². The van der Waals surface area contributed by atoms with Crippen molar-refractivity contribution in [2.45, 2.75) is 125 Å². The Kier molecular flexibility index (Phi) is 26.6. The molecule has 2 aliphatic rings. The van der Waals surface area contributed by atoms with E-state index in [0.29, 0.717) is 39.5 Å². The number of pyridine rings is 1. The monoisotopic (exact) mass is 1330 g/mol. The fourth-order valence-corrected chi connectivity index (χ4v) is 12.1. The van der Waals surface area contributed by atoms with E-state index in [1.165, 1.54) is 29.7 Å². The number of aromatic nitrogens is 4. The summed E-state index contributed by atoms with van der Waals surface area (Å²) in [5, 5.41) is 48.6. The van der Waals surface area contributed by atoms with Crippen LogP contribution in [0.15, 0.2) is 78.4 Å². The van der Waals surface area contributed by atoms with Crippen molar-refractivity contribution in [3.05, 3.63) is 90.3 Å². The van der Waals surface area contributed by atoms with Crippen LogP contribution >= 0.6 is 11.8 Å². The highest BCUT2D eigenvalue weighted by Crippen LogP contribution is 2.35. The minimum absolute atomic E-state index is 0.0000854. The Labute approximate surface area is 550 Å². The molecule has 20 N–H and O–H groups in total. The molecule has 5 aromatic rings. The number of imidazole rings is 1. The molecule has 1 unspecified atom stereocenters. The fourth-order valence-electron chi connectivity index (χ4n) is 10.9. The zero-order chi connectivity index (χ0) is 68.7. The van der Waals surface area contributed by atoms with Crippen molar-refractivity contribution >= 4 is 105 Å². The predicted octanol–water partition coefficient (Wildman–Crippen LogP) is -3.43. The lowest BCUT2D eigenvalue weighted by Crippen LogP contribution is -2.60. The summed E-state index contributed by atoms with van der Waals surface area (Å²) in [5.74, 6) is -6.89. The third-order valence-electron chi connectivity index (χ3n) is 15.6. The van der Waals surface area contributed by atoms with Gasteiger partial charge in [-0.3, -0.25) is 68.0 Å². The summed E-state index contributed by atoms with van der Waals surface area (Å²) in [6.07, 6.45) is 12.5. The Balaban J connectivity index is 1.12. The van der Waals surface area contributed by atoms with Crippen molar-refractivity contribution < 1.29 is 63.0 Å². The molecular formula is C62H81N19O13S. The zero-order valence-corrected chi connectivity index (χ0v) is 53.2. The molecule has 95 heavy (non-hydrogen) atoms. The number of likely N-dealkylation sites (tertiary alicyclic amines) is 1.